The quantitative estimate of drug-likeness (QED) is 0.802. The lowest BCUT2D eigenvalue weighted by molar-refractivity contribution is 0.0565. The molecule has 0 radical (unpaired) electrons. The van der Waals surface area contributed by atoms with Crippen LogP contribution in [0.25, 0.3) is 0 Å². The van der Waals surface area contributed by atoms with E-state index in [0.29, 0.717) is 44.5 Å². The largest absolute Gasteiger partial charge is 0.450 e. The molecule has 1 aromatic heterocycles. The van der Waals surface area contributed by atoms with Crippen LogP contribution in [0.4, 0.5) is 10.6 Å². The molecule has 0 bridgehead atoms. The molecule has 27 heavy (non-hydrogen) atoms. The van der Waals surface area contributed by atoms with E-state index in [4.69, 9.17) is 4.74 Å². The molecular weight excluding hydrogens is 346 g/mol. The Morgan fingerprint density at radius 3 is 2.41 bits per heavy atom. The maximum Gasteiger partial charge on any atom is 0.409 e. The molecule has 8 nitrogen and oxygen atoms in total. The average Bonchev–Trinajstić information content (AvgIpc) is 2.73. The number of piperidine rings is 1. The average molecular weight is 375 g/mol. The van der Waals surface area contributed by atoms with Gasteiger partial charge < -0.3 is 19.4 Å². The van der Waals surface area contributed by atoms with Crippen molar-refractivity contribution in [3.8, 4) is 0 Å². The summed E-state index contributed by atoms with van der Waals surface area (Å²) in [4.78, 5) is 39.0. The van der Waals surface area contributed by atoms with Gasteiger partial charge in [-0.1, -0.05) is 6.92 Å². The highest BCUT2D eigenvalue weighted by Crippen LogP contribution is 2.24. The van der Waals surface area contributed by atoms with Crippen LogP contribution in [-0.4, -0.2) is 77.1 Å². The lowest BCUT2D eigenvalue weighted by atomic mass is 10.0. The van der Waals surface area contributed by atoms with E-state index in [1.807, 2.05) is 0 Å². The third kappa shape index (κ3) is 4.48. The van der Waals surface area contributed by atoms with Gasteiger partial charge in [0.15, 0.2) is 0 Å². The Balaban J connectivity index is 1.59. The normalized spacial score (nSPS) is 20.5. The molecule has 1 aromatic rings. The second-order valence-electron chi connectivity index (χ2n) is 6.99. The minimum Gasteiger partial charge on any atom is -0.450 e. The van der Waals surface area contributed by atoms with Gasteiger partial charge in [0.2, 0.25) is 0 Å². The fourth-order valence-corrected chi connectivity index (χ4v) is 3.78. The van der Waals surface area contributed by atoms with E-state index >= 15 is 0 Å². The number of anilines is 1. The molecule has 2 aliphatic rings. The molecule has 3 rings (SSSR count). The summed E-state index contributed by atoms with van der Waals surface area (Å²) in [7, 11) is 0. The highest BCUT2D eigenvalue weighted by atomic mass is 16.6. The van der Waals surface area contributed by atoms with Gasteiger partial charge in [0.1, 0.15) is 11.5 Å². The Bertz CT molecular complexity index is 643. The highest BCUT2D eigenvalue weighted by molar-refractivity contribution is 5.92. The first-order chi connectivity index (χ1) is 13.1. The number of hydrogen-bond acceptors (Lipinski definition) is 6. The lowest BCUT2D eigenvalue weighted by Crippen LogP contribution is -2.50. The molecule has 0 saturated carbocycles. The summed E-state index contributed by atoms with van der Waals surface area (Å²) in [6.07, 6.45) is 7.69. The third-order valence-electron chi connectivity index (χ3n) is 5.34. The van der Waals surface area contributed by atoms with E-state index in [0.717, 1.165) is 18.8 Å². The van der Waals surface area contributed by atoms with Crippen molar-refractivity contribution in [1.82, 2.24) is 19.8 Å². The van der Waals surface area contributed by atoms with Crippen molar-refractivity contribution in [2.45, 2.75) is 45.6 Å². The lowest BCUT2D eigenvalue weighted by Gasteiger charge is -2.36. The summed E-state index contributed by atoms with van der Waals surface area (Å²) in [6, 6.07) is 0.505. The number of rotatable bonds is 4. The molecule has 1 atom stereocenters. The van der Waals surface area contributed by atoms with Gasteiger partial charge in [-0.25, -0.2) is 14.8 Å². The number of ether oxygens (including phenoxy) is 1. The summed E-state index contributed by atoms with van der Waals surface area (Å²) >= 11 is 0. The second kappa shape index (κ2) is 9.01. The van der Waals surface area contributed by atoms with Gasteiger partial charge in [-0.2, -0.15) is 0 Å². The molecule has 8 heteroatoms. The first-order valence-corrected chi connectivity index (χ1v) is 9.93. The zero-order valence-electron chi connectivity index (χ0n) is 16.3. The van der Waals surface area contributed by atoms with Gasteiger partial charge >= 0.3 is 6.09 Å². The number of aromatic nitrogens is 2. The fraction of sp³-hybridized carbons (Fsp3) is 0.684. The number of piperazine rings is 1. The van der Waals surface area contributed by atoms with Crippen molar-refractivity contribution in [2.75, 3.05) is 44.2 Å². The number of amides is 2. The molecular formula is C19H29N5O3. The summed E-state index contributed by atoms with van der Waals surface area (Å²) < 4.78 is 5.01. The van der Waals surface area contributed by atoms with E-state index in [2.05, 4.69) is 21.8 Å². The van der Waals surface area contributed by atoms with E-state index in [9.17, 15) is 9.59 Å². The van der Waals surface area contributed by atoms with Crippen molar-refractivity contribution < 1.29 is 14.3 Å². The Kier molecular flexibility index (Phi) is 6.47. The van der Waals surface area contributed by atoms with Crippen molar-refractivity contribution >= 4 is 17.8 Å². The predicted octanol–water partition coefficient (Wildman–Crippen LogP) is 2.16. The summed E-state index contributed by atoms with van der Waals surface area (Å²) in [6.45, 7) is 7.24. The number of nitrogens with zero attached hydrogens (tertiary/aromatic N) is 5. The molecule has 3 heterocycles. The van der Waals surface area contributed by atoms with Gasteiger partial charge in [-0.05, 0) is 32.6 Å². The number of carbonyl (C=O) groups excluding carboxylic acids is 2. The Hall–Kier alpha value is -2.38. The summed E-state index contributed by atoms with van der Waals surface area (Å²) in [5, 5.41) is 0. The summed E-state index contributed by atoms with van der Waals surface area (Å²) in [5.41, 5.74) is 0.355. The zero-order chi connectivity index (χ0) is 19.2. The maximum absolute atomic E-state index is 12.7. The minimum absolute atomic E-state index is 0.136. The molecule has 1 unspecified atom stereocenters. The monoisotopic (exact) mass is 375 g/mol. The van der Waals surface area contributed by atoms with Gasteiger partial charge in [0.25, 0.3) is 5.91 Å². The van der Waals surface area contributed by atoms with Crippen LogP contribution >= 0.6 is 0 Å². The van der Waals surface area contributed by atoms with E-state index in [1.54, 1.807) is 29.1 Å². The van der Waals surface area contributed by atoms with Crippen LogP contribution in [0.3, 0.4) is 0 Å². The molecule has 0 aromatic carbocycles. The van der Waals surface area contributed by atoms with E-state index < -0.39 is 0 Å². The zero-order valence-corrected chi connectivity index (χ0v) is 16.3. The smallest absolute Gasteiger partial charge is 0.409 e. The van der Waals surface area contributed by atoms with E-state index in [-0.39, 0.29) is 12.0 Å². The van der Waals surface area contributed by atoms with Crippen molar-refractivity contribution in [3.63, 3.8) is 0 Å². The van der Waals surface area contributed by atoms with Crippen LogP contribution in [0.15, 0.2) is 12.4 Å². The van der Waals surface area contributed by atoms with Crippen LogP contribution in [0.5, 0.6) is 0 Å². The van der Waals surface area contributed by atoms with Gasteiger partial charge in [-0.15, -0.1) is 0 Å². The molecule has 0 spiro atoms. The molecule has 2 saturated heterocycles. The minimum atomic E-state index is -0.319. The Morgan fingerprint density at radius 1 is 1.04 bits per heavy atom. The number of hydrogen-bond donors (Lipinski definition) is 0. The Morgan fingerprint density at radius 2 is 1.78 bits per heavy atom. The molecule has 2 amide bonds. The van der Waals surface area contributed by atoms with Gasteiger partial charge in [0, 0.05) is 38.8 Å². The van der Waals surface area contributed by atoms with Crippen LogP contribution < -0.4 is 4.90 Å². The SMILES string of the molecule is CCOC(=O)N1CCN(C(=O)c2cnc(N3CCCCC3CC)cn2)CC1. The topological polar surface area (TPSA) is 78.9 Å². The van der Waals surface area contributed by atoms with Crippen molar-refractivity contribution in [1.29, 1.82) is 0 Å². The van der Waals surface area contributed by atoms with Crippen LogP contribution in [0.1, 0.15) is 50.0 Å². The molecule has 148 valence electrons. The molecule has 2 aliphatic heterocycles. The molecule has 2 fully saturated rings. The highest BCUT2D eigenvalue weighted by Gasteiger charge is 2.27. The van der Waals surface area contributed by atoms with Crippen LogP contribution in [0, 0.1) is 0 Å². The van der Waals surface area contributed by atoms with Crippen molar-refractivity contribution in [3.05, 3.63) is 18.1 Å². The Labute approximate surface area is 160 Å². The van der Waals surface area contributed by atoms with Crippen LogP contribution in [-0.2, 0) is 4.74 Å². The standard InChI is InChI=1S/C19H29N5O3/c1-3-15-7-5-6-8-24(15)17-14-20-16(13-21-17)18(25)22-9-11-23(12-10-22)19(26)27-4-2/h13-15H,3-12H2,1-2H3. The second-order valence-corrected chi connectivity index (χ2v) is 6.99. The molecule has 0 N–H and O–H groups in total. The predicted molar refractivity (Wildman–Crippen MR) is 102 cm³/mol. The summed E-state index contributed by atoms with van der Waals surface area (Å²) in [5.74, 6) is 0.716. The van der Waals surface area contributed by atoms with Gasteiger partial charge in [0.05, 0.1) is 19.0 Å². The fourth-order valence-electron chi connectivity index (χ4n) is 3.78. The number of carbonyl (C=O) groups is 2. The van der Waals surface area contributed by atoms with Gasteiger partial charge in [-0.3, -0.25) is 4.79 Å². The maximum atomic E-state index is 12.7. The van der Waals surface area contributed by atoms with Crippen LogP contribution in [0.2, 0.25) is 0 Å². The third-order valence-corrected chi connectivity index (χ3v) is 5.34. The van der Waals surface area contributed by atoms with Crippen molar-refractivity contribution in [2.24, 2.45) is 0 Å². The molecule has 0 aliphatic carbocycles. The first-order valence-electron chi connectivity index (χ1n) is 9.93. The van der Waals surface area contributed by atoms with E-state index in [1.165, 1.54) is 19.3 Å². The first kappa shape index (κ1) is 19.4.